The van der Waals surface area contributed by atoms with Crippen LogP contribution >= 0.6 is 0 Å². The van der Waals surface area contributed by atoms with Gasteiger partial charge >= 0.3 is 11.9 Å². The molecule has 3 rings (SSSR count). The number of aliphatic imine (C=N–C) groups is 1. The van der Waals surface area contributed by atoms with Gasteiger partial charge in [-0.15, -0.1) is 0 Å². The summed E-state index contributed by atoms with van der Waals surface area (Å²) >= 11 is 0. The molecule has 1 amide bonds. The van der Waals surface area contributed by atoms with Crippen molar-refractivity contribution >= 4 is 29.5 Å². The van der Waals surface area contributed by atoms with E-state index in [9.17, 15) is 14.4 Å². The fourth-order valence-electron chi connectivity index (χ4n) is 3.50. The van der Waals surface area contributed by atoms with Crippen LogP contribution in [0, 0.1) is 0 Å². The van der Waals surface area contributed by atoms with Crippen LogP contribution in [0.1, 0.15) is 40.2 Å². The van der Waals surface area contributed by atoms with Gasteiger partial charge in [0.25, 0.3) is 5.91 Å². The van der Waals surface area contributed by atoms with Gasteiger partial charge in [-0.1, -0.05) is 12.1 Å². The predicted octanol–water partition coefficient (Wildman–Crippen LogP) is 1.86. The zero-order valence-electron chi connectivity index (χ0n) is 18.0. The number of likely N-dealkylation sites (N-methyl/N-ethyl adjacent to an activating group) is 1. The standard InChI is InChI=1S/C23H26N4O5/c1-27(2)20(28)13-31-21(29)14-9-11-15(12-10-14)32-22(30)18-7-3-6-17-16(18)5-4-8-19(17)26-23(24)25/h4-5,8-12,18H,3,6-7,13H2,1-2H3,(H4,24,25,26). The number of amides is 1. The number of guanidine groups is 1. The fraction of sp³-hybridized carbons (Fsp3) is 0.304. The molecular weight excluding hydrogens is 412 g/mol. The molecule has 0 saturated heterocycles. The van der Waals surface area contributed by atoms with Gasteiger partial charge in [0.05, 0.1) is 17.2 Å². The minimum atomic E-state index is -0.633. The van der Waals surface area contributed by atoms with Crippen LogP contribution in [-0.4, -0.2) is 49.4 Å². The van der Waals surface area contributed by atoms with Crippen molar-refractivity contribution in [2.45, 2.75) is 25.2 Å². The lowest BCUT2D eigenvalue weighted by molar-refractivity contribution is -0.136. The van der Waals surface area contributed by atoms with Gasteiger partial charge in [-0.3, -0.25) is 9.59 Å². The van der Waals surface area contributed by atoms with Crippen LogP contribution in [0.4, 0.5) is 5.69 Å². The molecule has 1 atom stereocenters. The van der Waals surface area contributed by atoms with Crippen molar-refractivity contribution in [3.63, 3.8) is 0 Å². The summed E-state index contributed by atoms with van der Waals surface area (Å²) in [5.41, 5.74) is 13.8. The highest BCUT2D eigenvalue weighted by atomic mass is 16.5. The van der Waals surface area contributed by atoms with E-state index in [1.54, 1.807) is 14.1 Å². The molecular formula is C23H26N4O5. The number of esters is 2. The fourth-order valence-corrected chi connectivity index (χ4v) is 3.50. The van der Waals surface area contributed by atoms with E-state index in [4.69, 9.17) is 20.9 Å². The third-order valence-electron chi connectivity index (χ3n) is 5.15. The van der Waals surface area contributed by atoms with E-state index in [1.807, 2.05) is 18.2 Å². The van der Waals surface area contributed by atoms with Gasteiger partial charge in [0.1, 0.15) is 5.75 Å². The summed E-state index contributed by atoms with van der Waals surface area (Å²) in [6.07, 6.45) is 2.24. The summed E-state index contributed by atoms with van der Waals surface area (Å²) in [6, 6.07) is 11.5. The Morgan fingerprint density at radius 1 is 1.09 bits per heavy atom. The summed E-state index contributed by atoms with van der Waals surface area (Å²) in [5.74, 6) is -1.50. The number of hydrogen-bond donors (Lipinski definition) is 2. The van der Waals surface area contributed by atoms with Crippen LogP contribution in [0.3, 0.4) is 0 Å². The molecule has 1 aliphatic carbocycles. The number of rotatable bonds is 6. The summed E-state index contributed by atoms with van der Waals surface area (Å²) in [5, 5.41) is 0. The number of benzene rings is 2. The monoisotopic (exact) mass is 438 g/mol. The van der Waals surface area contributed by atoms with E-state index in [0.29, 0.717) is 17.9 Å². The molecule has 0 aromatic heterocycles. The van der Waals surface area contributed by atoms with Gasteiger partial charge in [-0.2, -0.15) is 0 Å². The molecule has 0 spiro atoms. The molecule has 0 bridgehead atoms. The topological polar surface area (TPSA) is 137 Å². The molecule has 0 aliphatic heterocycles. The van der Waals surface area contributed by atoms with Gasteiger partial charge in [-0.05, 0) is 60.7 Å². The highest BCUT2D eigenvalue weighted by molar-refractivity contribution is 5.91. The Bertz CT molecular complexity index is 1040. The van der Waals surface area contributed by atoms with E-state index in [0.717, 1.165) is 24.0 Å². The number of fused-ring (bicyclic) bond motifs is 1. The maximum Gasteiger partial charge on any atom is 0.338 e. The largest absolute Gasteiger partial charge is 0.452 e. The predicted molar refractivity (Wildman–Crippen MR) is 119 cm³/mol. The minimum absolute atomic E-state index is 0.0344. The molecule has 32 heavy (non-hydrogen) atoms. The summed E-state index contributed by atoms with van der Waals surface area (Å²) in [4.78, 5) is 42.0. The molecule has 1 aliphatic rings. The molecule has 0 saturated carbocycles. The number of nitrogens with two attached hydrogens (primary N) is 2. The van der Waals surface area contributed by atoms with Crippen LogP contribution in [0.25, 0.3) is 0 Å². The average Bonchev–Trinajstić information content (AvgIpc) is 2.77. The highest BCUT2D eigenvalue weighted by Gasteiger charge is 2.29. The van der Waals surface area contributed by atoms with Crippen molar-refractivity contribution in [1.29, 1.82) is 0 Å². The minimum Gasteiger partial charge on any atom is -0.452 e. The summed E-state index contributed by atoms with van der Waals surface area (Å²) in [7, 11) is 3.15. The highest BCUT2D eigenvalue weighted by Crippen LogP contribution is 2.37. The molecule has 1 unspecified atom stereocenters. The normalized spacial score (nSPS) is 14.6. The van der Waals surface area contributed by atoms with Gasteiger partial charge in [0.15, 0.2) is 12.6 Å². The van der Waals surface area contributed by atoms with Crippen molar-refractivity contribution < 1.29 is 23.9 Å². The van der Waals surface area contributed by atoms with E-state index >= 15 is 0 Å². The SMILES string of the molecule is CN(C)C(=O)COC(=O)c1ccc(OC(=O)C2CCCc3c(N=C(N)N)cccc32)cc1. The third-order valence-corrected chi connectivity index (χ3v) is 5.15. The molecule has 9 nitrogen and oxygen atoms in total. The molecule has 0 heterocycles. The van der Waals surface area contributed by atoms with Gasteiger partial charge in [-0.25, -0.2) is 9.79 Å². The van der Waals surface area contributed by atoms with Crippen molar-refractivity contribution in [3.8, 4) is 5.75 Å². The first-order valence-electron chi connectivity index (χ1n) is 10.2. The zero-order chi connectivity index (χ0) is 23.3. The Balaban J connectivity index is 1.68. The summed E-state index contributed by atoms with van der Waals surface area (Å²) in [6.45, 7) is -0.342. The molecule has 9 heteroatoms. The number of ether oxygens (including phenoxy) is 2. The first-order valence-corrected chi connectivity index (χ1v) is 10.2. The Labute approximate surface area is 186 Å². The first kappa shape index (κ1) is 22.8. The van der Waals surface area contributed by atoms with Crippen LogP contribution in [0.5, 0.6) is 5.75 Å². The van der Waals surface area contributed by atoms with Gasteiger partial charge in [0.2, 0.25) is 0 Å². The molecule has 2 aromatic carbocycles. The number of carbonyl (C=O) groups excluding carboxylic acids is 3. The zero-order valence-corrected chi connectivity index (χ0v) is 18.0. The van der Waals surface area contributed by atoms with Gasteiger partial charge < -0.3 is 25.8 Å². The molecule has 0 fully saturated rings. The molecule has 168 valence electrons. The second-order valence-corrected chi connectivity index (χ2v) is 7.64. The van der Waals surface area contributed by atoms with Crippen LogP contribution in [0.2, 0.25) is 0 Å². The Hall–Kier alpha value is -3.88. The van der Waals surface area contributed by atoms with Crippen molar-refractivity contribution in [3.05, 3.63) is 59.2 Å². The first-order chi connectivity index (χ1) is 15.3. The molecule has 0 radical (unpaired) electrons. The van der Waals surface area contributed by atoms with Crippen molar-refractivity contribution in [1.82, 2.24) is 4.90 Å². The number of hydrogen-bond acceptors (Lipinski definition) is 6. The van der Waals surface area contributed by atoms with Crippen molar-refractivity contribution in [2.24, 2.45) is 16.5 Å². The smallest absolute Gasteiger partial charge is 0.338 e. The third kappa shape index (κ3) is 5.42. The van der Waals surface area contributed by atoms with Crippen LogP contribution in [-0.2, 0) is 20.7 Å². The lowest BCUT2D eigenvalue weighted by atomic mass is 9.82. The van der Waals surface area contributed by atoms with Crippen LogP contribution in [0.15, 0.2) is 47.5 Å². The Kier molecular flexibility index (Phi) is 7.09. The Morgan fingerprint density at radius 3 is 2.47 bits per heavy atom. The van der Waals surface area contributed by atoms with Crippen molar-refractivity contribution in [2.75, 3.05) is 20.7 Å². The number of carbonyl (C=O) groups is 3. The Morgan fingerprint density at radius 2 is 1.81 bits per heavy atom. The average molecular weight is 438 g/mol. The van der Waals surface area contributed by atoms with E-state index in [-0.39, 0.29) is 30.0 Å². The molecule has 4 N–H and O–H groups in total. The van der Waals surface area contributed by atoms with E-state index < -0.39 is 11.9 Å². The van der Waals surface area contributed by atoms with Crippen LogP contribution < -0.4 is 16.2 Å². The lowest BCUT2D eigenvalue weighted by Crippen LogP contribution is -2.27. The quantitative estimate of drug-likeness (QED) is 0.304. The van der Waals surface area contributed by atoms with Gasteiger partial charge in [0, 0.05) is 14.1 Å². The molecule has 2 aromatic rings. The second-order valence-electron chi connectivity index (χ2n) is 7.64. The van der Waals surface area contributed by atoms with E-state index in [2.05, 4.69) is 4.99 Å². The summed E-state index contributed by atoms with van der Waals surface area (Å²) < 4.78 is 10.5. The number of nitrogens with zero attached hydrogens (tertiary/aromatic N) is 2. The van der Waals surface area contributed by atoms with E-state index in [1.165, 1.54) is 29.2 Å². The maximum absolute atomic E-state index is 12.9. The second kappa shape index (κ2) is 9.95. The lowest BCUT2D eigenvalue weighted by Gasteiger charge is -2.25. The maximum atomic E-state index is 12.9.